The van der Waals surface area contributed by atoms with Crippen LogP contribution in [-0.2, 0) is 4.79 Å². The van der Waals surface area contributed by atoms with E-state index in [2.05, 4.69) is 5.32 Å². The number of carboxylic acids is 1. The highest BCUT2D eigenvalue weighted by atomic mass is 16.6. The van der Waals surface area contributed by atoms with Gasteiger partial charge in [-0.3, -0.25) is 9.59 Å². The van der Waals surface area contributed by atoms with Gasteiger partial charge in [-0.15, -0.1) is 0 Å². The average Bonchev–Trinajstić information content (AvgIpc) is 2.47. The quantitative estimate of drug-likeness (QED) is 0.758. The summed E-state index contributed by atoms with van der Waals surface area (Å²) in [6.45, 7) is 0.956. The molecule has 1 unspecified atom stereocenters. The molecule has 6 heteroatoms. The number of likely N-dealkylation sites (N-methyl/N-ethyl adjacent to an activating group) is 1. The van der Waals surface area contributed by atoms with Gasteiger partial charge in [0.2, 0.25) is 0 Å². The Kier molecular flexibility index (Phi) is 4.57. The van der Waals surface area contributed by atoms with Crippen molar-refractivity contribution in [1.29, 1.82) is 0 Å². The third-order valence-corrected chi connectivity index (χ3v) is 3.14. The van der Waals surface area contributed by atoms with E-state index in [4.69, 9.17) is 14.6 Å². The lowest BCUT2D eigenvalue weighted by Crippen LogP contribution is -2.34. The number of hydrogen-bond acceptors (Lipinski definition) is 5. The van der Waals surface area contributed by atoms with E-state index < -0.39 is 12.0 Å². The first-order valence-corrected chi connectivity index (χ1v) is 6.44. The van der Waals surface area contributed by atoms with E-state index in [1.807, 2.05) is 0 Å². The molecule has 0 aromatic heterocycles. The molecule has 0 radical (unpaired) electrons. The molecule has 0 aliphatic carbocycles. The number of ketones is 1. The molecule has 0 amide bonds. The molecule has 0 fully saturated rings. The number of carboxylic acid groups (broad SMARTS) is 1. The van der Waals surface area contributed by atoms with Crippen molar-refractivity contribution < 1.29 is 24.2 Å². The zero-order valence-electron chi connectivity index (χ0n) is 11.2. The van der Waals surface area contributed by atoms with E-state index in [-0.39, 0.29) is 18.6 Å². The molecule has 1 aromatic carbocycles. The Labute approximate surface area is 116 Å². The lowest BCUT2D eigenvalue weighted by atomic mass is 10.00. The summed E-state index contributed by atoms with van der Waals surface area (Å²) in [5.41, 5.74) is 0.485. The molecular formula is C14H17NO5. The van der Waals surface area contributed by atoms with Crippen LogP contribution in [0.1, 0.15) is 23.2 Å². The van der Waals surface area contributed by atoms with E-state index >= 15 is 0 Å². The van der Waals surface area contributed by atoms with E-state index in [0.717, 1.165) is 0 Å². The van der Waals surface area contributed by atoms with Gasteiger partial charge in [-0.05, 0) is 31.7 Å². The van der Waals surface area contributed by atoms with Crippen LogP contribution in [0.2, 0.25) is 0 Å². The third-order valence-electron chi connectivity index (χ3n) is 3.14. The Balaban J connectivity index is 2.12. The van der Waals surface area contributed by atoms with Crippen LogP contribution in [0.3, 0.4) is 0 Å². The summed E-state index contributed by atoms with van der Waals surface area (Å²) in [6.07, 6.45) is 0.195. The van der Waals surface area contributed by atoms with Crippen molar-refractivity contribution in [1.82, 2.24) is 5.32 Å². The minimum Gasteiger partial charge on any atom is -0.486 e. The van der Waals surface area contributed by atoms with Gasteiger partial charge in [0.05, 0.1) is 6.04 Å². The van der Waals surface area contributed by atoms with Crippen LogP contribution >= 0.6 is 0 Å². The largest absolute Gasteiger partial charge is 0.486 e. The van der Waals surface area contributed by atoms with Crippen LogP contribution in [0.15, 0.2) is 18.2 Å². The number of ether oxygens (including phenoxy) is 2. The molecule has 1 aliphatic rings. The van der Waals surface area contributed by atoms with Gasteiger partial charge >= 0.3 is 5.97 Å². The molecule has 0 saturated carbocycles. The second kappa shape index (κ2) is 6.38. The number of rotatable bonds is 6. The molecule has 1 aliphatic heterocycles. The first-order chi connectivity index (χ1) is 9.61. The SMILES string of the molecule is CNC(CCC(=O)O)C(=O)c1ccc2c(c1)OCCO2. The van der Waals surface area contributed by atoms with E-state index in [1.54, 1.807) is 25.2 Å². The predicted molar refractivity (Wildman–Crippen MR) is 71.5 cm³/mol. The second-order valence-corrected chi connectivity index (χ2v) is 4.50. The number of carbonyl (C=O) groups is 2. The first-order valence-electron chi connectivity index (χ1n) is 6.44. The molecule has 2 rings (SSSR count). The number of carbonyl (C=O) groups excluding carboxylic acids is 1. The highest BCUT2D eigenvalue weighted by Crippen LogP contribution is 2.31. The maximum Gasteiger partial charge on any atom is 0.303 e. The first kappa shape index (κ1) is 14.3. The fourth-order valence-corrected chi connectivity index (χ4v) is 2.07. The Bertz CT molecular complexity index is 514. The molecule has 2 N–H and O–H groups in total. The van der Waals surface area contributed by atoms with Crippen molar-refractivity contribution in [2.75, 3.05) is 20.3 Å². The van der Waals surface area contributed by atoms with Gasteiger partial charge in [-0.25, -0.2) is 0 Å². The van der Waals surface area contributed by atoms with Gasteiger partial charge in [-0.2, -0.15) is 0 Å². The lowest BCUT2D eigenvalue weighted by molar-refractivity contribution is -0.137. The zero-order valence-corrected chi connectivity index (χ0v) is 11.2. The minimum absolute atomic E-state index is 0.0538. The number of hydrogen-bond donors (Lipinski definition) is 2. The van der Waals surface area contributed by atoms with E-state index in [1.165, 1.54) is 0 Å². The summed E-state index contributed by atoms with van der Waals surface area (Å²) in [6, 6.07) is 4.49. The Morgan fingerprint density at radius 1 is 1.30 bits per heavy atom. The summed E-state index contributed by atoms with van der Waals surface area (Å²) in [5, 5.41) is 11.5. The molecule has 1 aromatic rings. The number of benzene rings is 1. The standard InChI is InChI=1S/C14H17NO5/c1-15-10(3-5-13(16)17)14(18)9-2-4-11-12(8-9)20-7-6-19-11/h2,4,8,10,15H,3,5-7H2,1H3,(H,16,17). The minimum atomic E-state index is -0.916. The van der Waals surface area contributed by atoms with Crippen molar-refractivity contribution in [3.8, 4) is 11.5 Å². The monoisotopic (exact) mass is 279 g/mol. The number of aliphatic carboxylic acids is 1. The number of nitrogens with one attached hydrogen (secondary N) is 1. The van der Waals surface area contributed by atoms with Gasteiger partial charge in [0.15, 0.2) is 17.3 Å². The molecule has 1 heterocycles. The van der Waals surface area contributed by atoms with Crippen LogP contribution in [0.4, 0.5) is 0 Å². The summed E-state index contributed by atoms with van der Waals surface area (Å²) < 4.78 is 10.8. The lowest BCUT2D eigenvalue weighted by Gasteiger charge is -2.20. The fraction of sp³-hybridized carbons (Fsp3) is 0.429. The highest BCUT2D eigenvalue weighted by molar-refractivity contribution is 6.00. The van der Waals surface area contributed by atoms with Crippen LogP contribution in [0.5, 0.6) is 11.5 Å². The molecule has 0 saturated heterocycles. The highest BCUT2D eigenvalue weighted by Gasteiger charge is 2.21. The van der Waals surface area contributed by atoms with Crippen molar-refractivity contribution in [2.45, 2.75) is 18.9 Å². The molecule has 0 bridgehead atoms. The van der Waals surface area contributed by atoms with Gasteiger partial charge in [0.25, 0.3) is 0 Å². The number of Topliss-reactive ketones (excluding diaryl/α,β-unsaturated/α-hetero) is 1. The summed E-state index contributed by atoms with van der Waals surface area (Å²) >= 11 is 0. The van der Waals surface area contributed by atoms with Gasteiger partial charge in [0, 0.05) is 12.0 Å². The topological polar surface area (TPSA) is 84.9 Å². The normalized spacial score (nSPS) is 14.7. The van der Waals surface area contributed by atoms with Crippen LogP contribution < -0.4 is 14.8 Å². The fourth-order valence-electron chi connectivity index (χ4n) is 2.07. The Hall–Kier alpha value is -2.08. The summed E-state index contributed by atoms with van der Waals surface area (Å²) in [5.74, 6) is 0.112. The third kappa shape index (κ3) is 3.27. The average molecular weight is 279 g/mol. The Morgan fingerprint density at radius 2 is 2.00 bits per heavy atom. The molecular weight excluding hydrogens is 262 g/mol. The Morgan fingerprint density at radius 3 is 2.65 bits per heavy atom. The number of fused-ring (bicyclic) bond motifs is 1. The van der Waals surface area contributed by atoms with Crippen molar-refractivity contribution >= 4 is 11.8 Å². The summed E-state index contributed by atoms with van der Waals surface area (Å²) in [7, 11) is 1.64. The van der Waals surface area contributed by atoms with E-state index in [0.29, 0.717) is 30.3 Å². The van der Waals surface area contributed by atoms with E-state index in [9.17, 15) is 9.59 Å². The molecule has 108 valence electrons. The van der Waals surface area contributed by atoms with Crippen LogP contribution in [0, 0.1) is 0 Å². The molecule has 20 heavy (non-hydrogen) atoms. The van der Waals surface area contributed by atoms with Crippen LogP contribution in [-0.4, -0.2) is 43.2 Å². The molecule has 6 nitrogen and oxygen atoms in total. The van der Waals surface area contributed by atoms with Gasteiger partial charge in [-0.1, -0.05) is 0 Å². The van der Waals surface area contributed by atoms with Gasteiger partial charge in [0.1, 0.15) is 13.2 Å². The second-order valence-electron chi connectivity index (χ2n) is 4.50. The van der Waals surface area contributed by atoms with Crippen molar-refractivity contribution in [3.05, 3.63) is 23.8 Å². The summed E-state index contributed by atoms with van der Waals surface area (Å²) in [4.78, 5) is 22.9. The van der Waals surface area contributed by atoms with Gasteiger partial charge < -0.3 is 19.9 Å². The zero-order chi connectivity index (χ0) is 14.5. The maximum absolute atomic E-state index is 12.3. The van der Waals surface area contributed by atoms with Crippen molar-refractivity contribution in [2.24, 2.45) is 0 Å². The molecule has 0 spiro atoms. The van der Waals surface area contributed by atoms with Crippen LogP contribution in [0.25, 0.3) is 0 Å². The molecule has 1 atom stereocenters. The predicted octanol–water partition coefficient (Wildman–Crippen LogP) is 1.09. The van der Waals surface area contributed by atoms with Crippen molar-refractivity contribution in [3.63, 3.8) is 0 Å². The smallest absolute Gasteiger partial charge is 0.303 e. The maximum atomic E-state index is 12.3.